The van der Waals surface area contributed by atoms with Gasteiger partial charge in [-0.05, 0) is 13.8 Å². The fourth-order valence-electron chi connectivity index (χ4n) is 0.902. The molecule has 1 unspecified atom stereocenters. The van der Waals surface area contributed by atoms with Gasteiger partial charge in [0.2, 0.25) is 0 Å². The lowest BCUT2D eigenvalue weighted by molar-refractivity contribution is 0.0519. The molecule has 0 aromatic carbocycles. The third-order valence-electron chi connectivity index (χ3n) is 1.56. The van der Waals surface area contributed by atoms with E-state index in [0.717, 1.165) is 0 Å². The fraction of sp³-hybridized carbons (Fsp3) is 0.556. The van der Waals surface area contributed by atoms with Crippen molar-refractivity contribution in [3.63, 3.8) is 0 Å². The van der Waals surface area contributed by atoms with E-state index in [-0.39, 0.29) is 17.8 Å². The Bertz CT molecular complexity index is 322. The smallest absolute Gasteiger partial charge is 0.360 e. The normalized spacial score (nSPS) is 12.2. The van der Waals surface area contributed by atoms with Gasteiger partial charge in [-0.15, -0.1) is 0 Å². The number of aromatic nitrogens is 1. The predicted octanol–water partition coefficient (Wildman–Crippen LogP) is 0.610. The number of ether oxygens (including phenoxy) is 1. The van der Waals surface area contributed by atoms with E-state index in [1.807, 2.05) is 6.92 Å². The molecule has 1 heterocycles. The summed E-state index contributed by atoms with van der Waals surface area (Å²) in [6, 6.07) is 0.262. The van der Waals surface area contributed by atoms with Crippen LogP contribution in [0.4, 0.5) is 6.01 Å². The van der Waals surface area contributed by atoms with Gasteiger partial charge in [0.05, 0.1) is 6.61 Å². The average molecular weight is 213 g/mol. The van der Waals surface area contributed by atoms with Crippen molar-refractivity contribution < 1.29 is 13.9 Å². The molecule has 0 saturated heterocycles. The lowest BCUT2D eigenvalue weighted by Gasteiger charge is -2.03. The summed E-state index contributed by atoms with van der Waals surface area (Å²) < 4.78 is 9.76. The molecule has 0 spiro atoms. The quantitative estimate of drug-likeness (QED) is 0.696. The Morgan fingerprint density at radius 1 is 1.80 bits per heavy atom. The highest BCUT2D eigenvalue weighted by Crippen LogP contribution is 2.08. The largest absolute Gasteiger partial charge is 0.461 e. The molecule has 6 heteroatoms. The van der Waals surface area contributed by atoms with Crippen molar-refractivity contribution in [1.82, 2.24) is 4.98 Å². The number of nitrogens with zero attached hydrogens (tertiary/aromatic N) is 1. The van der Waals surface area contributed by atoms with E-state index in [1.165, 1.54) is 6.26 Å². The standard InChI is InChI=1S/C9H15N3O3/c1-3-14-8(13)7-5-15-9(12-7)11-4-6(2)10/h5-6H,3-4,10H2,1-2H3,(H,11,12). The number of carbonyl (C=O) groups is 1. The molecule has 0 radical (unpaired) electrons. The van der Waals surface area contributed by atoms with Crippen molar-refractivity contribution in [3.8, 4) is 0 Å². The molecule has 0 bridgehead atoms. The number of carbonyl (C=O) groups excluding carboxylic acids is 1. The molecule has 1 rings (SSSR count). The van der Waals surface area contributed by atoms with Gasteiger partial charge in [-0.2, -0.15) is 4.98 Å². The summed E-state index contributed by atoms with van der Waals surface area (Å²) in [5, 5.41) is 2.85. The SMILES string of the molecule is CCOC(=O)c1coc(NCC(C)N)n1. The van der Waals surface area contributed by atoms with Crippen molar-refractivity contribution in [2.45, 2.75) is 19.9 Å². The molecule has 15 heavy (non-hydrogen) atoms. The lowest BCUT2D eigenvalue weighted by Crippen LogP contribution is -2.25. The molecule has 1 aromatic heterocycles. The van der Waals surface area contributed by atoms with Gasteiger partial charge < -0.3 is 20.2 Å². The van der Waals surface area contributed by atoms with Crippen LogP contribution in [0.5, 0.6) is 0 Å². The minimum atomic E-state index is -0.491. The maximum absolute atomic E-state index is 11.2. The van der Waals surface area contributed by atoms with Gasteiger partial charge >= 0.3 is 5.97 Å². The molecule has 3 N–H and O–H groups in total. The molecule has 84 valence electrons. The van der Waals surface area contributed by atoms with Crippen molar-refractivity contribution >= 4 is 12.0 Å². The Morgan fingerprint density at radius 3 is 3.13 bits per heavy atom. The van der Waals surface area contributed by atoms with Crippen LogP contribution in [0.25, 0.3) is 0 Å². The molecule has 1 aromatic rings. The Kier molecular flexibility index (Phi) is 4.11. The summed E-state index contributed by atoms with van der Waals surface area (Å²) in [6.45, 7) is 4.42. The van der Waals surface area contributed by atoms with E-state index in [0.29, 0.717) is 13.2 Å². The number of rotatable bonds is 5. The zero-order valence-electron chi connectivity index (χ0n) is 8.82. The molecule has 0 amide bonds. The molecule has 0 fully saturated rings. The summed E-state index contributed by atoms with van der Waals surface area (Å²) in [6.07, 6.45) is 1.25. The Hall–Kier alpha value is -1.56. The predicted molar refractivity (Wildman–Crippen MR) is 54.6 cm³/mol. The number of nitrogens with one attached hydrogen (secondary N) is 1. The highest BCUT2D eigenvalue weighted by molar-refractivity contribution is 5.87. The van der Waals surface area contributed by atoms with Crippen LogP contribution in [0.1, 0.15) is 24.3 Å². The van der Waals surface area contributed by atoms with Crippen LogP contribution in [-0.4, -0.2) is 30.1 Å². The number of hydrogen-bond donors (Lipinski definition) is 2. The molecule has 0 aliphatic carbocycles. The number of hydrogen-bond acceptors (Lipinski definition) is 6. The summed E-state index contributed by atoms with van der Waals surface area (Å²) in [4.78, 5) is 15.1. The molecular weight excluding hydrogens is 198 g/mol. The van der Waals surface area contributed by atoms with Gasteiger partial charge in [0, 0.05) is 12.6 Å². The topological polar surface area (TPSA) is 90.4 Å². The van der Waals surface area contributed by atoms with Crippen molar-refractivity contribution in [3.05, 3.63) is 12.0 Å². The summed E-state index contributed by atoms with van der Waals surface area (Å²) in [5.41, 5.74) is 5.69. The van der Waals surface area contributed by atoms with E-state index in [4.69, 9.17) is 14.9 Å². The molecule has 6 nitrogen and oxygen atoms in total. The summed E-state index contributed by atoms with van der Waals surface area (Å²) >= 11 is 0. The first-order valence-electron chi connectivity index (χ1n) is 4.75. The van der Waals surface area contributed by atoms with Gasteiger partial charge in [0.1, 0.15) is 6.26 Å². The number of anilines is 1. The maximum Gasteiger partial charge on any atom is 0.360 e. The second kappa shape index (κ2) is 5.35. The lowest BCUT2D eigenvalue weighted by atomic mass is 10.4. The van der Waals surface area contributed by atoms with Gasteiger partial charge in [-0.3, -0.25) is 0 Å². The van der Waals surface area contributed by atoms with Gasteiger partial charge in [-0.25, -0.2) is 4.79 Å². The first-order valence-corrected chi connectivity index (χ1v) is 4.75. The van der Waals surface area contributed by atoms with Crippen molar-refractivity contribution in [2.24, 2.45) is 5.73 Å². The number of esters is 1. The molecule has 0 saturated carbocycles. The highest BCUT2D eigenvalue weighted by Gasteiger charge is 2.12. The average Bonchev–Trinajstić information content (AvgIpc) is 2.63. The van der Waals surface area contributed by atoms with E-state index in [1.54, 1.807) is 6.92 Å². The molecule has 1 atom stereocenters. The van der Waals surface area contributed by atoms with Crippen LogP contribution in [0.2, 0.25) is 0 Å². The Morgan fingerprint density at radius 2 is 2.53 bits per heavy atom. The maximum atomic E-state index is 11.2. The second-order valence-corrected chi connectivity index (χ2v) is 3.12. The van der Waals surface area contributed by atoms with Crippen molar-refractivity contribution in [1.29, 1.82) is 0 Å². The first kappa shape index (κ1) is 11.5. The zero-order chi connectivity index (χ0) is 11.3. The van der Waals surface area contributed by atoms with Gasteiger partial charge in [0.25, 0.3) is 6.01 Å². The van der Waals surface area contributed by atoms with Crippen LogP contribution in [-0.2, 0) is 4.74 Å². The van der Waals surface area contributed by atoms with Crippen LogP contribution in [0.15, 0.2) is 10.7 Å². The number of oxazole rings is 1. The Balaban J connectivity index is 2.52. The van der Waals surface area contributed by atoms with Crippen LogP contribution in [0, 0.1) is 0 Å². The summed E-state index contributed by atoms with van der Waals surface area (Å²) in [7, 11) is 0. The minimum Gasteiger partial charge on any atom is -0.461 e. The zero-order valence-corrected chi connectivity index (χ0v) is 8.82. The van der Waals surface area contributed by atoms with Crippen LogP contribution < -0.4 is 11.1 Å². The van der Waals surface area contributed by atoms with Crippen molar-refractivity contribution in [2.75, 3.05) is 18.5 Å². The third-order valence-corrected chi connectivity index (χ3v) is 1.56. The van der Waals surface area contributed by atoms with Crippen LogP contribution >= 0.6 is 0 Å². The molecule has 0 aliphatic heterocycles. The first-order chi connectivity index (χ1) is 7.13. The van der Waals surface area contributed by atoms with E-state index in [9.17, 15) is 4.79 Å². The van der Waals surface area contributed by atoms with E-state index in [2.05, 4.69) is 10.3 Å². The third kappa shape index (κ3) is 3.59. The number of nitrogens with two attached hydrogens (primary N) is 1. The van der Waals surface area contributed by atoms with Gasteiger partial charge in [0.15, 0.2) is 5.69 Å². The van der Waals surface area contributed by atoms with E-state index < -0.39 is 5.97 Å². The molecule has 0 aliphatic rings. The highest BCUT2D eigenvalue weighted by atomic mass is 16.5. The minimum absolute atomic E-state index is 0.0112. The molecular formula is C9H15N3O3. The Labute approximate surface area is 87.8 Å². The van der Waals surface area contributed by atoms with E-state index >= 15 is 0 Å². The summed E-state index contributed by atoms with van der Waals surface area (Å²) in [5.74, 6) is -0.491. The second-order valence-electron chi connectivity index (χ2n) is 3.12. The monoisotopic (exact) mass is 213 g/mol. The van der Waals surface area contributed by atoms with Gasteiger partial charge in [-0.1, -0.05) is 0 Å². The fourth-order valence-corrected chi connectivity index (χ4v) is 0.902. The van der Waals surface area contributed by atoms with Crippen LogP contribution in [0.3, 0.4) is 0 Å².